The van der Waals surface area contributed by atoms with Gasteiger partial charge < -0.3 is 4.90 Å². The molecule has 0 bridgehead atoms. The van der Waals surface area contributed by atoms with Gasteiger partial charge in [0.05, 0.1) is 6.04 Å². The topological polar surface area (TPSA) is 32.8 Å². The highest BCUT2D eigenvalue weighted by Crippen LogP contribution is 2.41. The average Bonchev–Trinajstić information content (AvgIpc) is 3.06. The highest BCUT2D eigenvalue weighted by molar-refractivity contribution is 6.23. The molecule has 1 aliphatic rings. The van der Waals surface area contributed by atoms with Gasteiger partial charge in [0.1, 0.15) is 0 Å². The summed E-state index contributed by atoms with van der Waals surface area (Å²) >= 11 is 0. The number of nitrogens with zero attached hydrogens (tertiary/aromatic N) is 2. The number of carbonyl (C=O) groups excluding carboxylic acids is 1. The van der Waals surface area contributed by atoms with Crippen LogP contribution < -0.4 is 0 Å². The van der Waals surface area contributed by atoms with Gasteiger partial charge in [-0.1, -0.05) is 54.6 Å². The third-order valence-electron chi connectivity index (χ3n) is 5.81. The zero-order valence-electron chi connectivity index (χ0n) is 15.8. The second kappa shape index (κ2) is 5.91. The van der Waals surface area contributed by atoms with Crippen LogP contribution in [-0.4, -0.2) is 43.1 Å². The monoisotopic (exact) mass is 358 g/mol. The molecule has 0 unspecified atom stereocenters. The maximum atomic E-state index is 12.4. The molecule has 136 valence electrons. The van der Waals surface area contributed by atoms with Crippen molar-refractivity contribution in [2.24, 2.45) is 0 Å². The summed E-state index contributed by atoms with van der Waals surface area (Å²) < 4.78 is 0. The van der Waals surface area contributed by atoms with Crippen molar-refractivity contribution in [2.75, 3.05) is 21.1 Å². The van der Waals surface area contributed by atoms with Crippen LogP contribution in [0, 0.1) is 0 Å². The molecule has 0 aliphatic carbocycles. The molecule has 4 aromatic carbocycles. The Balaban J connectivity index is 1.69. The van der Waals surface area contributed by atoms with E-state index in [-0.39, 0.29) is 11.9 Å². The van der Waals surface area contributed by atoms with Gasteiger partial charge >= 0.3 is 0 Å². The first-order valence-electron chi connectivity index (χ1n) is 9.32. The first-order chi connectivity index (χ1) is 13.0. The Bertz CT molecular complexity index is 1150. The van der Waals surface area contributed by atoms with Crippen LogP contribution in [0.25, 0.3) is 32.3 Å². The molecule has 0 saturated carbocycles. The van der Waals surface area contributed by atoms with E-state index in [1.165, 1.54) is 37.9 Å². The van der Waals surface area contributed by atoms with Gasteiger partial charge in [0, 0.05) is 27.6 Å². The number of hydroxylamine groups is 2. The van der Waals surface area contributed by atoms with E-state index < -0.39 is 6.10 Å². The molecule has 4 aromatic rings. The van der Waals surface area contributed by atoms with E-state index in [1.807, 2.05) is 12.1 Å². The first-order valence-corrected chi connectivity index (χ1v) is 9.32. The van der Waals surface area contributed by atoms with E-state index in [0.717, 1.165) is 0 Å². The molecule has 0 aromatic heterocycles. The zero-order valence-corrected chi connectivity index (χ0v) is 15.8. The van der Waals surface area contributed by atoms with E-state index in [4.69, 9.17) is 4.84 Å². The van der Waals surface area contributed by atoms with Gasteiger partial charge in [-0.2, -0.15) is 5.06 Å². The van der Waals surface area contributed by atoms with Crippen molar-refractivity contribution in [3.63, 3.8) is 0 Å². The van der Waals surface area contributed by atoms with E-state index in [0.29, 0.717) is 6.42 Å². The van der Waals surface area contributed by atoms with Crippen molar-refractivity contribution in [1.29, 1.82) is 0 Å². The Hall–Kier alpha value is -2.69. The fraction of sp³-hybridized carbons (Fsp3) is 0.261. The van der Waals surface area contributed by atoms with Crippen molar-refractivity contribution in [1.82, 2.24) is 9.96 Å². The number of hydrogen-bond donors (Lipinski definition) is 0. The zero-order chi connectivity index (χ0) is 18.7. The van der Waals surface area contributed by atoms with Crippen LogP contribution in [0.1, 0.15) is 18.0 Å². The second-order valence-electron chi connectivity index (χ2n) is 7.64. The van der Waals surface area contributed by atoms with Crippen molar-refractivity contribution >= 4 is 38.2 Å². The van der Waals surface area contributed by atoms with Crippen molar-refractivity contribution in [2.45, 2.75) is 18.6 Å². The van der Waals surface area contributed by atoms with Crippen LogP contribution in [-0.2, 0) is 9.63 Å². The number of amides is 1. The molecule has 0 radical (unpaired) electrons. The minimum absolute atomic E-state index is 0.0158. The average molecular weight is 358 g/mol. The summed E-state index contributed by atoms with van der Waals surface area (Å²) in [6.45, 7) is 0. The molecule has 5 rings (SSSR count). The molecule has 4 heteroatoms. The molecule has 2 atom stereocenters. The molecule has 1 saturated heterocycles. The standard InChI is InChI=1S/C23H22N2O2/c1-24(2)23(26)20-13-19(25(3)27-20)17-11-9-16-8-7-14-5-4-6-15-10-12-18(17)22(16)21(14)15/h4-12,19-20H,13H2,1-3H3/t19-,20+/m1/s1. The molecule has 1 amide bonds. The lowest BCUT2D eigenvalue weighted by molar-refractivity contribution is -0.169. The Morgan fingerprint density at radius 1 is 0.963 bits per heavy atom. The molecule has 4 nitrogen and oxygen atoms in total. The normalized spacial score (nSPS) is 20.9. The second-order valence-corrected chi connectivity index (χ2v) is 7.64. The minimum Gasteiger partial charge on any atom is -0.346 e. The fourth-order valence-electron chi connectivity index (χ4n) is 4.47. The summed E-state index contributed by atoms with van der Waals surface area (Å²) in [6, 6.07) is 19.7. The third-order valence-corrected chi connectivity index (χ3v) is 5.81. The lowest BCUT2D eigenvalue weighted by atomic mass is 9.89. The van der Waals surface area contributed by atoms with Gasteiger partial charge in [-0.3, -0.25) is 9.63 Å². The number of benzene rings is 4. The summed E-state index contributed by atoms with van der Waals surface area (Å²) in [4.78, 5) is 19.9. The summed E-state index contributed by atoms with van der Waals surface area (Å²) in [5.41, 5.74) is 1.22. The predicted molar refractivity (Wildman–Crippen MR) is 109 cm³/mol. The molecule has 1 aliphatic heterocycles. The smallest absolute Gasteiger partial charge is 0.253 e. The number of rotatable bonds is 2. The van der Waals surface area contributed by atoms with Crippen LogP contribution >= 0.6 is 0 Å². The highest BCUT2D eigenvalue weighted by Gasteiger charge is 2.37. The van der Waals surface area contributed by atoms with Gasteiger partial charge in [0.15, 0.2) is 6.10 Å². The van der Waals surface area contributed by atoms with Crippen molar-refractivity contribution in [3.8, 4) is 0 Å². The Morgan fingerprint density at radius 3 is 2.30 bits per heavy atom. The number of carbonyl (C=O) groups is 1. The van der Waals surface area contributed by atoms with Crippen LogP contribution in [0.5, 0.6) is 0 Å². The van der Waals surface area contributed by atoms with Gasteiger partial charge in [-0.15, -0.1) is 0 Å². The molecule has 27 heavy (non-hydrogen) atoms. The first kappa shape index (κ1) is 16.5. The van der Waals surface area contributed by atoms with Crippen LogP contribution in [0.3, 0.4) is 0 Å². The van der Waals surface area contributed by atoms with Gasteiger partial charge in [-0.05, 0) is 37.9 Å². The maximum absolute atomic E-state index is 12.4. The summed E-state index contributed by atoms with van der Waals surface area (Å²) in [5.74, 6) is 0.0158. The third kappa shape index (κ3) is 2.41. The van der Waals surface area contributed by atoms with E-state index in [9.17, 15) is 4.79 Å². The lowest BCUT2D eigenvalue weighted by Gasteiger charge is -2.21. The lowest BCUT2D eigenvalue weighted by Crippen LogP contribution is -2.33. The summed E-state index contributed by atoms with van der Waals surface area (Å²) in [5, 5.41) is 9.49. The van der Waals surface area contributed by atoms with Gasteiger partial charge in [0.25, 0.3) is 5.91 Å². The minimum atomic E-state index is -0.423. The highest BCUT2D eigenvalue weighted by atomic mass is 16.7. The molecule has 1 fully saturated rings. The summed E-state index contributed by atoms with van der Waals surface area (Å²) in [6.07, 6.45) is 0.242. The Morgan fingerprint density at radius 2 is 1.59 bits per heavy atom. The number of likely N-dealkylation sites (N-methyl/N-ethyl adjacent to an activating group) is 1. The van der Waals surface area contributed by atoms with Gasteiger partial charge in [0.2, 0.25) is 0 Å². The van der Waals surface area contributed by atoms with Crippen LogP contribution in [0.4, 0.5) is 0 Å². The molecule has 1 heterocycles. The maximum Gasteiger partial charge on any atom is 0.253 e. The van der Waals surface area contributed by atoms with E-state index >= 15 is 0 Å². The van der Waals surface area contributed by atoms with Crippen molar-refractivity contribution < 1.29 is 9.63 Å². The summed E-state index contributed by atoms with van der Waals surface area (Å²) in [7, 11) is 5.47. The number of hydrogen-bond acceptors (Lipinski definition) is 3. The molecular weight excluding hydrogens is 336 g/mol. The molecular formula is C23H22N2O2. The van der Waals surface area contributed by atoms with Gasteiger partial charge in [-0.25, -0.2) is 0 Å². The SMILES string of the molecule is CN(C)C(=O)[C@@H]1C[C@H](c2ccc3ccc4cccc5ccc2c3c45)N(C)O1. The fourth-order valence-corrected chi connectivity index (χ4v) is 4.47. The van der Waals surface area contributed by atoms with Crippen LogP contribution in [0.15, 0.2) is 54.6 Å². The van der Waals surface area contributed by atoms with E-state index in [2.05, 4.69) is 54.6 Å². The predicted octanol–water partition coefficient (Wildman–Crippen LogP) is 4.35. The molecule has 0 N–H and O–H groups in total. The quantitative estimate of drug-likeness (QED) is 0.500. The Labute approximate surface area is 158 Å². The van der Waals surface area contributed by atoms with E-state index in [1.54, 1.807) is 19.0 Å². The molecule has 0 spiro atoms. The van der Waals surface area contributed by atoms with Crippen LogP contribution in [0.2, 0.25) is 0 Å². The van der Waals surface area contributed by atoms with Crippen molar-refractivity contribution in [3.05, 3.63) is 60.2 Å². The largest absolute Gasteiger partial charge is 0.346 e. The Kier molecular flexibility index (Phi) is 3.61.